The molecule has 0 aliphatic rings. The molecule has 9 heteroatoms. The van der Waals surface area contributed by atoms with Gasteiger partial charge in [-0.25, -0.2) is 4.39 Å². The van der Waals surface area contributed by atoms with Crippen molar-refractivity contribution in [3.63, 3.8) is 0 Å². The Bertz CT molecular complexity index is 864. The van der Waals surface area contributed by atoms with Crippen LogP contribution >= 0.6 is 15.9 Å². The van der Waals surface area contributed by atoms with Crippen LogP contribution in [-0.4, -0.2) is 39.8 Å². The minimum absolute atomic E-state index is 0.00618. The van der Waals surface area contributed by atoms with Crippen LogP contribution in [0.15, 0.2) is 34.8 Å². The van der Waals surface area contributed by atoms with Gasteiger partial charge in [-0.3, -0.25) is 9.59 Å². The summed E-state index contributed by atoms with van der Waals surface area (Å²) >= 11 is 3.13. The molecule has 1 amide bonds. The van der Waals surface area contributed by atoms with Crippen LogP contribution in [0.1, 0.15) is 12.0 Å². The molecule has 1 N–H and O–H groups in total. The number of aryl methyl sites for hydroxylation is 1. The zero-order chi connectivity index (χ0) is 21.4. The van der Waals surface area contributed by atoms with Crippen LogP contribution in [0.5, 0.6) is 17.2 Å². The van der Waals surface area contributed by atoms with E-state index < -0.39 is 24.3 Å². The number of anilines is 1. The van der Waals surface area contributed by atoms with Crippen molar-refractivity contribution in [2.75, 3.05) is 33.3 Å². The summed E-state index contributed by atoms with van der Waals surface area (Å²) in [4.78, 5) is 23.8. The number of ether oxygens (including phenoxy) is 4. The van der Waals surface area contributed by atoms with Gasteiger partial charge in [-0.1, -0.05) is 15.9 Å². The van der Waals surface area contributed by atoms with E-state index >= 15 is 0 Å². The van der Waals surface area contributed by atoms with Gasteiger partial charge in [0.2, 0.25) is 5.75 Å². The SMILES string of the molecule is COc1cc(CCC(=O)OCC(=O)Nc2ccc(Br)cc2F)cc(OC)c1OC. The first kappa shape index (κ1) is 22.5. The fourth-order valence-corrected chi connectivity index (χ4v) is 2.85. The zero-order valence-electron chi connectivity index (χ0n) is 16.2. The zero-order valence-corrected chi connectivity index (χ0v) is 17.8. The Morgan fingerprint density at radius 3 is 2.24 bits per heavy atom. The number of carbonyl (C=O) groups is 2. The van der Waals surface area contributed by atoms with Gasteiger partial charge in [0.05, 0.1) is 27.0 Å². The molecule has 2 rings (SSSR count). The second-order valence-electron chi connectivity index (χ2n) is 5.87. The Labute approximate surface area is 176 Å². The first-order valence-corrected chi connectivity index (χ1v) is 9.36. The van der Waals surface area contributed by atoms with Crippen LogP contribution < -0.4 is 19.5 Å². The van der Waals surface area contributed by atoms with Gasteiger partial charge in [-0.15, -0.1) is 0 Å². The molecule has 0 heterocycles. The lowest BCUT2D eigenvalue weighted by atomic mass is 10.1. The summed E-state index contributed by atoms with van der Waals surface area (Å²) in [5, 5.41) is 2.35. The first-order chi connectivity index (χ1) is 13.9. The van der Waals surface area contributed by atoms with E-state index in [9.17, 15) is 14.0 Å². The van der Waals surface area contributed by atoms with Crippen molar-refractivity contribution < 1.29 is 32.9 Å². The molecule has 0 fully saturated rings. The highest BCUT2D eigenvalue weighted by atomic mass is 79.9. The van der Waals surface area contributed by atoms with Crippen LogP contribution in [0.2, 0.25) is 0 Å². The highest BCUT2D eigenvalue weighted by molar-refractivity contribution is 9.10. The van der Waals surface area contributed by atoms with Crippen molar-refractivity contribution in [3.8, 4) is 17.2 Å². The topological polar surface area (TPSA) is 83.1 Å². The van der Waals surface area contributed by atoms with Gasteiger partial charge >= 0.3 is 5.97 Å². The lowest BCUT2D eigenvalue weighted by Crippen LogP contribution is -2.21. The minimum atomic E-state index is -0.632. The summed E-state index contributed by atoms with van der Waals surface area (Å²) in [7, 11) is 4.51. The molecular formula is C20H21BrFNO6. The maximum absolute atomic E-state index is 13.7. The second kappa shape index (κ2) is 10.7. The predicted octanol–water partition coefficient (Wildman–Crippen LogP) is 3.73. The Balaban J connectivity index is 1.87. The van der Waals surface area contributed by atoms with Crippen molar-refractivity contribution in [1.82, 2.24) is 0 Å². The van der Waals surface area contributed by atoms with Gasteiger partial charge in [0.1, 0.15) is 5.82 Å². The molecule has 0 unspecified atom stereocenters. The molecule has 0 radical (unpaired) electrons. The fraction of sp³-hybridized carbons (Fsp3) is 0.300. The van der Waals surface area contributed by atoms with Crippen molar-refractivity contribution in [1.29, 1.82) is 0 Å². The Kier molecular flexibility index (Phi) is 8.26. The number of carbonyl (C=O) groups excluding carboxylic acids is 2. The summed E-state index contributed by atoms with van der Waals surface area (Å²) in [6.45, 7) is -0.510. The smallest absolute Gasteiger partial charge is 0.306 e. The number of amides is 1. The minimum Gasteiger partial charge on any atom is -0.493 e. The number of esters is 1. The standard InChI is InChI=1S/C20H21BrFNO6/c1-26-16-8-12(9-17(27-2)20(16)28-3)4-7-19(25)29-11-18(24)23-15-6-5-13(21)10-14(15)22/h5-6,8-10H,4,7,11H2,1-3H3,(H,23,24). The van der Waals surface area contributed by atoms with Gasteiger partial charge in [0.15, 0.2) is 18.1 Å². The average molecular weight is 470 g/mol. The van der Waals surface area contributed by atoms with E-state index in [0.29, 0.717) is 28.1 Å². The molecule has 156 valence electrons. The highest BCUT2D eigenvalue weighted by Crippen LogP contribution is 2.38. The molecule has 0 bridgehead atoms. The van der Waals surface area contributed by atoms with Gasteiger partial charge in [-0.2, -0.15) is 0 Å². The van der Waals surface area contributed by atoms with Gasteiger partial charge in [-0.05, 0) is 42.3 Å². The van der Waals surface area contributed by atoms with Crippen LogP contribution in [-0.2, 0) is 20.7 Å². The largest absolute Gasteiger partial charge is 0.493 e. The quantitative estimate of drug-likeness (QED) is 0.563. The van der Waals surface area contributed by atoms with E-state index in [1.54, 1.807) is 18.2 Å². The Hall–Kier alpha value is -2.81. The summed E-state index contributed by atoms with van der Waals surface area (Å²) in [6.07, 6.45) is 0.386. The number of benzene rings is 2. The molecule has 0 spiro atoms. The van der Waals surface area contributed by atoms with Crippen LogP contribution in [0, 0.1) is 5.82 Å². The number of halogens is 2. The molecule has 2 aromatic carbocycles. The molecule has 0 saturated heterocycles. The predicted molar refractivity (Wildman–Crippen MR) is 108 cm³/mol. The van der Waals surface area contributed by atoms with Crippen molar-refractivity contribution >= 4 is 33.5 Å². The van der Waals surface area contributed by atoms with E-state index in [4.69, 9.17) is 18.9 Å². The summed E-state index contributed by atoms with van der Waals surface area (Å²) in [5.41, 5.74) is 0.782. The van der Waals surface area contributed by atoms with Crippen LogP contribution in [0.3, 0.4) is 0 Å². The van der Waals surface area contributed by atoms with Crippen molar-refractivity contribution in [3.05, 3.63) is 46.2 Å². The second-order valence-corrected chi connectivity index (χ2v) is 6.78. The monoisotopic (exact) mass is 469 g/mol. The van der Waals surface area contributed by atoms with Crippen molar-refractivity contribution in [2.24, 2.45) is 0 Å². The Morgan fingerprint density at radius 1 is 1.03 bits per heavy atom. The maximum Gasteiger partial charge on any atom is 0.306 e. The first-order valence-electron chi connectivity index (χ1n) is 8.57. The maximum atomic E-state index is 13.7. The van der Waals surface area contributed by atoms with Gasteiger partial charge in [0, 0.05) is 10.9 Å². The molecule has 29 heavy (non-hydrogen) atoms. The molecular weight excluding hydrogens is 449 g/mol. The number of nitrogens with one attached hydrogen (secondary N) is 1. The third kappa shape index (κ3) is 6.35. The van der Waals surface area contributed by atoms with E-state index in [1.807, 2.05) is 0 Å². The third-order valence-corrected chi connectivity index (χ3v) is 4.41. The molecule has 7 nitrogen and oxygen atoms in total. The highest BCUT2D eigenvalue weighted by Gasteiger charge is 2.15. The normalized spacial score (nSPS) is 10.2. The van der Waals surface area contributed by atoms with E-state index in [-0.39, 0.29) is 12.1 Å². The average Bonchev–Trinajstić information content (AvgIpc) is 2.71. The number of rotatable bonds is 9. The molecule has 0 saturated carbocycles. The van der Waals surface area contributed by atoms with Gasteiger partial charge in [0.25, 0.3) is 5.91 Å². The summed E-state index contributed by atoms with van der Waals surface area (Å²) in [6, 6.07) is 7.68. The molecule has 0 aliphatic heterocycles. The lowest BCUT2D eigenvalue weighted by Gasteiger charge is -2.14. The van der Waals surface area contributed by atoms with E-state index in [2.05, 4.69) is 21.2 Å². The van der Waals surface area contributed by atoms with Crippen LogP contribution in [0.25, 0.3) is 0 Å². The third-order valence-electron chi connectivity index (χ3n) is 3.91. The van der Waals surface area contributed by atoms with Gasteiger partial charge < -0.3 is 24.3 Å². The Morgan fingerprint density at radius 2 is 1.69 bits per heavy atom. The molecule has 2 aromatic rings. The molecule has 0 aliphatic carbocycles. The summed E-state index contributed by atoms with van der Waals surface area (Å²) < 4.78 is 35.0. The van der Waals surface area contributed by atoms with Crippen LogP contribution in [0.4, 0.5) is 10.1 Å². The number of hydrogen-bond donors (Lipinski definition) is 1. The fourth-order valence-electron chi connectivity index (χ4n) is 2.52. The molecule has 0 atom stereocenters. The summed E-state index contributed by atoms with van der Waals surface area (Å²) in [5.74, 6) is -0.380. The van der Waals surface area contributed by atoms with Crippen molar-refractivity contribution in [2.45, 2.75) is 12.8 Å². The number of hydrogen-bond acceptors (Lipinski definition) is 6. The molecule has 0 aromatic heterocycles. The lowest BCUT2D eigenvalue weighted by molar-refractivity contribution is -0.147. The van der Waals surface area contributed by atoms with E-state index in [0.717, 1.165) is 5.56 Å². The number of methoxy groups -OCH3 is 3. The van der Waals surface area contributed by atoms with E-state index in [1.165, 1.54) is 33.5 Å².